The van der Waals surface area contributed by atoms with Gasteiger partial charge in [-0.1, -0.05) is 11.6 Å². The molecule has 1 aliphatic carbocycles. The molecular weight excluding hydrogens is 521 g/mol. The molecule has 1 saturated carbocycles. The molecule has 10 nitrogen and oxygen atoms in total. The molecule has 0 spiro atoms. The van der Waals surface area contributed by atoms with Crippen LogP contribution in [0, 0.1) is 5.82 Å². The van der Waals surface area contributed by atoms with Gasteiger partial charge in [0.1, 0.15) is 17.4 Å². The van der Waals surface area contributed by atoms with Gasteiger partial charge in [0.25, 0.3) is 5.91 Å². The number of anilines is 2. The number of aryl methyl sites for hydroxylation is 2. The fourth-order valence-corrected chi connectivity index (χ4v) is 5.86. The molecule has 0 unspecified atom stereocenters. The first kappa shape index (κ1) is 25.2. The third-order valence-electron chi connectivity index (χ3n) is 6.09. The number of halogens is 2. The van der Waals surface area contributed by atoms with Crippen LogP contribution in [0.25, 0.3) is 10.9 Å². The molecule has 4 aromatic rings. The second-order valence-electron chi connectivity index (χ2n) is 9.02. The lowest BCUT2D eigenvalue weighted by Gasteiger charge is -2.21. The van der Waals surface area contributed by atoms with E-state index >= 15 is 0 Å². The predicted molar refractivity (Wildman–Crippen MR) is 139 cm³/mol. The van der Waals surface area contributed by atoms with Crippen LogP contribution in [0.4, 0.5) is 15.8 Å². The van der Waals surface area contributed by atoms with Crippen molar-refractivity contribution in [3.05, 3.63) is 70.9 Å². The summed E-state index contributed by atoms with van der Waals surface area (Å²) in [5, 5.41) is 14.7. The zero-order valence-electron chi connectivity index (χ0n) is 20.1. The lowest BCUT2D eigenvalue weighted by Crippen LogP contribution is -2.36. The smallest absolute Gasteiger partial charge is 0.274 e. The molecule has 13 heteroatoms. The van der Waals surface area contributed by atoms with Gasteiger partial charge in [-0.05, 0) is 49.2 Å². The summed E-state index contributed by atoms with van der Waals surface area (Å²) in [6.45, 7) is 0.277. The number of carbonyl (C=O) groups is 1. The van der Waals surface area contributed by atoms with Crippen LogP contribution >= 0.6 is 11.6 Å². The van der Waals surface area contributed by atoms with E-state index in [2.05, 4.69) is 20.8 Å². The van der Waals surface area contributed by atoms with Crippen LogP contribution in [0.15, 0.2) is 48.8 Å². The van der Waals surface area contributed by atoms with Gasteiger partial charge in [-0.3, -0.25) is 14.2 Å². The van der Waals surface area contributed by atoms with Gasteiger partial charge in [0, 0.05) is 55.2 Å². The molecule has 0 saturated heterocycles. The van der Waals surface area contributed by atoms with Crippen molar-refractivity contribution in [2.24, 2.45) is 14.1 Å². The molecular formula is C24H25ClFN7O3S. The van der Waals surface area contributed by atoms with E-state index < -0.39 is 21.7 Å². The van der Waals surface area contributed by atoms with Gasteiger partial charge >= 0.3 is 0 Å². The van der Waals surface area contributed by atoms with Gasteiger partial charge in [-0.25, -0.2) is 12.8 Å². The lowest BCUT2D eigenvalue weighted by atomic mass is 10.1. The number of fused-ring (bicyclic) bond motifs is 1. The summed E-state index contributed by atoms with van der Waals surface area (Å²) < 4.78 is 44.4. The van der Waals surface area contributed by atoms with Gasteiger partial charge in [0.15, 0.2) is 0 Å². The number of nitrogens with zero attached hydrogens (tertiary/aromatic N) is 5. The van der Waals surface area contributed by atoms with Gasteiger partial charge in [0.05, 0.1) is 16.7 Å². The van der Waals surface area contributed by atoms with E-state index in [-0.39, 0.29) is 23.5 Å². The van der Waals surface area contributed by atoms with Gasteiger partial charge < -0.3 is 10.6 Å². The Kier molecular flexibility index (Phi) is 6.65. The fraction of sp³-hybridized carbons (Fsp3) is 0.292. The third-order valence-corrected chi connectivity index (χ3v) is 8.03. The Morgan fingerprint density at radius 1 is 1.19 bits per heavy atom. The van der Waals surface area contributed by atoms with Gasteiger partial charge in [-0.15, -0.1) is 0 Å². The number of nitrogens with one attached hydrogen (secondary N) is 2. The van der Waals surface area contributed by atoms with Crippen molar-refractivity contribution in [2.45, 2.75) is 25.4 Å². The molecule has 2 N–H and O–H groups in total. The van der Waals surface area contributed by atoms with E-state index in [1.165, 1.54) is 27.2 Å². The quantitative estimate of drug-likeness (QED) is 0.331. The summed E-state index contributed by atoms with van der Waals surface area (Å²) in [5.74, 6) is -1.29. The predicted octanol–water partition coefficient (Wildman–Crippen LogP) is 3.72. The summed E-state index contributed by atoms with van der Waals surface area (Å²) in [5.41, 5.74) is 2.55. The molecule has 2 heterocycles. The van der Waals surface area contributed by atoms with Crippen LogP contribution in [0.2, 0.25) is 5.02 Å². The van der Waals surface area contributed by atoms with Gasteiger partial charge in [0.2, 0.25) is 10.0 Å². The zero-order chi connectivity index (χ0) is 26.3. The minimum absolute atomic E-state index is 0.00216. The second-order valence-corrected chi connectivity index (χ2v) is 11.3. The van der Waals surface area contributed by atoms with Crippen molar-refractivity contribution < 1.29 is 17.6 Å². The maximum absolute atomic E-state index is 13.4. The molecule has 1 aliphatic rings. The van der Waals surface area contributed by atoms with Crippen LogP contribution in [-0.4, -0.2) is 50.1 Å². The molecule has 0 atom stereocenters. The topological polar surface area (TPSA) is 114 Å². The van der Waals surface area contributed by atoms with Crippen LogP contribution in [0.3, 0.4) is 0 Å². The minimum atomic E-state index is -3.60. The molecule has 1 amide bonds. The van der Waals surface area contributed by atoms with Crippen molar-refractivity contribution in [1.29, 1.82) is 0 Å². The highest BCUT2D eigenvalue weighted by atomic mass is 35.5. The minimum Gasteiger partial charge on any atom is -0.370 e. The number of sulfonamides is 1. The molecule has 1 fully saturated rings. The Bertz CT molecular complexity index is 1600. The van der Waals surface area contributed by atoms with E-state index in [1.807, 2.05) is 6.20 Å². The Morgan fingerprint density at radius 2 is 1.95 bits per heavy atom. The summed E-state index contributed by atoms with van der Waals surface area (Å²) in [6, 6.07) is 9.02. The number of rotatable bonds is 9. The Labute approximate surface area is 218 Å². The Morgan fingerprint density at radius 3 is 2.62 bits per heavy atom. The number of aromatic nitrogens is 4. The molecule has 0 aliphatic heterocycles. The van der Waals surface area contributed by atoms with Crippen molar-refractivity contribution in [3.8, 4) is 0 Å². The number of hydrogen-bond acceptors (Lipinski definition) is 6. The van der Waals surface area contributed by atoms with Crippen molar-refractivity contribution in [1.82, 2.24) is 23.9 Å². The lowest BCUT2D eigenvalue weighted by molar-refractivity contribution is 0.101. The first-order chi connectivity index (χ1) is 17.6. The molecule has 5 rings (SSSR count). The SMILES string of the molecule is Cn1cc(CN(C2CC2)S(=O)(=O)CNc2ccc3c(C(=O)Nc4ccc(F)c(Cl)c4)n(C)nc3c2)cn1. The number of hydrogen-bond donors (Lipinski definition) is 2. The van der Waals surface area contributed by atoms with Crippen LogP contribution in [0.1, 0.15) is 28.9 Å². The zero-order valence-corrected chi connectivity index (χ0v) is 21.7. The number of carbonyl (C=O) groups excluding carboxylic acids is 1. The van der Waals surface area contributed by atoms with E-state index in [4.69, 9.17) is 11.6 Å². The first-order valence-corrected chi connectivity index (χ1v) is 13.5. The standard InChI is InChI=1S/C24H25ClFN7O3S/c1-31-12-15(11-28-31)13-33(18-5-6-18)37(35,36)14-27-16-3-7-19-22(10-16)30-32(2)23(19)24(34)29-17-4-8-21(26)20(25)9-17/h3-4,7-12,18,27H,5-6,13-14H2,1-2H3,(H,29,34). The van der Waals surface area contributed by atoms with Crippen molar-refractivity contribution in [2.75, 3.05) is 16.5 Å². The Balaban J connectivity index is 1.31. The van der Waals surface area contributed by atoms with E-state index in [1.54, 1.807) is 43.2 Å². The van der Waals surface area contributed by atoms with E-state index in [0.717, 1.165) is 18.4 Å². The fourth-order valence-electron chi connectivity index (χ4n) is 4.15. The maximum atomic E-state index is 13.4. The summed E-state index contributed by atoms with van der Waals surface area (Å²) in [4.78, 5) is 12.9. The Hall–Kier alpha value is -3.48. The summed E-state index contributed by atoms with van der Waals surface area (Å²) in [6.07, 6.45) is 5.17. The van der Waals surface area contributed by atoms with Crippen LogP contribution in [0.5, 0.6) is 0 Å². The van der Waals surface area contributed by atoms with Gasteiger partial charge in [-0.2, -0.15) is 14.5 Å². The highest BCUT2D eigenvalue weighted by Crippen LogP contribution is 2.31. The molecule has 2 aromatic carbocycles. The first-order valence-electron chi connectivity index (χ1n) is 11.5. The normalized spacial score (nSPS) is 13.9. The van der Waals surface area contributed by atoms with Crippen LogP contribution in [-0.2, 0) is 30.7 Å². The van der Waals surface area contributed by atoms with Crippen molar-refractivity contribution in [3.63, 3.8) is 0 Å². The molecule has 0 bridgehead atoms. The monoisotopic (exact) mass is 545 g/mol. The average molecular weight is 546 g/mol. The van der Waals surface area contributed by atoms with E-state index in [9.17, 15) is 17.6 Å². The number of amides is 1. The van der Waals surface area contributed by atoms with Crippen molar-refractivity contribution >= 4 is 49.8 Å². The maximum Gasteiger partial charge on any atom is 0.274 e. The third kappa shape index (κ3) is 5.45. The van der Waals surface area contributed by atoms with E-state index in [0.29, 0.717) is 28.0 Å². The molecule has 37 heavy (non-hydrogen) atoms. The highest BCUT2D eigenvalue weighted by Gasteiger charge is 2.37. The second kappa shape index (κ2) is 9.77. The largest absolute Gasteiger partial charge is 0.370 e. The summed E-state index contributed by atoms with van der Waals surface area (Å²) in [7, 11) is -0.170. The van der Waals surface area contributed by atoms with Crippen LogP contribution < -0.4 is 10.6 Å². The average Bonchev–Trinajstić information content (AvgIpc) is 3.51. The molecule has 0 radical (unpaired) electrons. The highest BCUT2D eigenvalue weighted by molar-refractivity contribution is 7.89. The molecule has 194 valence electrons. The number of benzene rings is 2. The molecule has 2 aromatic heterocycles. The summed E-state index contributed by atoms with van der Waals surface area (Å²) >= 11 is 5.81.